The van der Waals surface area contributed by atoms with E-state index in [9.17, 15) is 37.9 Å². The highest BCUT2D eigenvalue weighted by molar-refractivity contribution is 7.85. The summed E-state index contributed by atoms with van der Waals surface area (Å²) in [6.07, 6.45) is 37.7. The summed E-state index contributed by atoms with van der Waals surface area (Å²) < 4.78 is 53.9. The average Bonchev–Trinajstić information content (AvgIpc) is 3.21. The van der Waals surface area contributed by atoms with E-state index >= 15 is 0 Å². The lowest BCUT2D eigenvalue weighted by atomic mass is 10.00. The first-order valence-corrected chi connectivity index (χ1v) is 23.8. The minimum Gasteiger partial charge on any atom is -0.462 e. The Labute approximate surface area is 360 Å². The molecule has 0 spiro atoms. The van der Waals surface area contributed by atoms with E-state index in [0.29, 0.717) is 19.3 Å². The molecule has 4 N–H and O–H groups in total. The molecule has 0 aromatic heterocycles. The predicted molar refractivity (Wildman–Crippen MR) is 238 cm³/mol. The maximum Gasteiger partial charge on any atom is 0.306 e. The number of hydrogen-bond acceptors (Lipinski definition) is 11. The average molecular weight is 865 g/mol. The van der Waals surface area contributed by atoms with Gasteiger partial charge in [-0.1, -0.05) is 137 Å². The molecule has 0 amide bonds. The van der Waals surface area contributed by atoms with E-state index in [-0.39, 0.29) is 19.4 Å². The van der Waals surface area contributed by atoms with Crippen LogP contribution in [0.1, 0.15) is 142 Å². The molecule has 1 fully saturated rings. The summed E-state index contributed by atoms with van der Waals surface area (Å²) >= 11 is 0. The minimum absolute atomic E-state index is 0.0776. The molecule has 0 aromatic rings. The summed E-state index contributed by atoms with van der Waals surface area (Å²) in [5.74, 6) is -2.09. The van der Waals surface area contributed by atoms with Crippen LogP contribution in [0.25, 0.3) is 0 Å². The van der Waals surface area contributed by atoms with Crippen molar-refractivity contribution >= 4 is 22.1 Å². The van der Waals surface area contributed by atoms with Crippen LogP contribution in [-0.2, 0) is 38.7 Å². The van der Waals surface area contributed by atoms with Gasteiger partial charge < -0.3 is 34.3 Å². The van der Waals surface area contributed by atoms with Gasteiger partial charge in [0.05, 0.1) is 6.61 Å². The molecule has 12 nitrogen and oxygen atoms in total. The maximum atomic E-state index is 12.8. The second-order valence-electron chi connectivity index (χ2n) is 15.0. The fourth-order valence-corrected chi connectivity index (χ4v) is 6.74. The van der Waals surface area contributed by atoms with Crippen LogP contribution in [-0.4, -0.2) is 96.0 Å². The van der Waals surface area contributed by atoms with Crippen molar-refractivity contribution in [2.24, 2.45) is 0 Å². The quantitative estimate of drug-likeness (QED) is 0.0156. The van der Waals surface area contributed by atoms with E-state index in [1.165, 1.54) is 25.7 Å². The zero-order valence-corrected chi connectivity index (χ0v) is 37.1. The summed E-state index contributed by atoms with van der Waals surface area (Å²) in [7, 11) is -4.62. The highest BCUT2D eigenvalue weighted by Gasteiger charge is 2.46. The number of hydrogen-bond donors (Lipinski definition) is 4. The SMILES string of the molecule is CC/C=C/C/C=C/C/C=C/C/C=C/C/C=C/CCCC(=O)O[C@H](COC(=O)CCCCCCC/C=C/C=C/CCCCCC)CO[C@H]1O[C@H](CS(=O)(=O)O)[C@@H](O)C(O)C1O. The van der Waals surface area contributed by atoms with Gasteiger partial charge in [0.2, 0.25) is 0 Å². The van der Waals surface area contributed by atoms with Crippen LogP contribution >= 0.6 is 0 Å². The second-order valence-corrected chi connectivity index (χ2v) is 16.5. The van der Waals surface area contributed by atoms with Crippen LogP contribution in [0, 0.1) is 0 Å². The Bertz CT molecular complexity index is 1430. The molecule has 0 saturated carbocycles. The largest absolute Gasteiger partial charge is 0.462 e. The lowest BCUT2D eigenvalue weighted by Crippen LogP contribution is -2.60. The molecule has 1 aliphatic heterocycles. The maximum absolute atomic E-state index is 12.8. The number of esters is 2. The first kappa shape index (κ1) is 54.8. The van der Waals surface area contributed by atoms with Gasteiger partial charge in [-0.15, -0.1) is 0 Å². The third-order valence-electron chi connectivity index (χ3n) is 9.49. The molecular formula is C47H76O12S. The molecule has 1 aliphatic rings. The molecule has 13 heteroatoms. The van der Waals surface area contributed by atoms with E-state index in [0.717, 1.165) is 70.6 Å². The molecule has 1 heterocycles. The topological polar surface area (TPSA) is 186 Å². The Hall–Kier alpha value is -3.17. The van der Waals surface area contributed by atoms with Crippen molar-refractivity contribution in [3.8, 4) is 0 Å². The van der Waals surface area contributed by atoms with Crippen molar-refractivity contribution in [2.45, 2.75) is 179 Å². The summed E-state index contributed by atoms with van der Waals surface area (Å²) in [6, 6.07) is 0. The number of ether oxygens (including phenoxy) is 4. The number of rotatable bonds is 35. The third-order valence-corrected chi connectivity index (χ3v) is 10.2. The molecule has 0 aromatic carbocycles. The fraction of sp³-hybridized carbons (Fsp3) is 0.660. The van der Waals surface area contributed by atoms with E-state index in [2.05, 4.69) is 86.8 Å². The van der Waals surface area contributed by atoms with Gasteiger partial charge in [0, 0.05) is 12.8 Å². The van der Waals surface area contributed by atoms with Crippen molar-refractivity contribution in [3.63, 3.8) is 0 Å². The lowest BCUT2D eigenvalue weighted by Gasteiger charge is -2.40. The van der Waals surface area contributed by atoms with Crippen molar-refractivity contribution < 1.29 is 56.8 Å². The number of aliphatic hydroxyl groups is 3. The van der Waals surface area contributed by atoms with Crippen LogP contribution in [0.4, 0.5) is 0 Å². The Morgan fingerprint density at radius 1 is 0.600 bits per heavy atom. The molecule has 0 aliphatic carbocycles. The second kappa shape index (κ2) is 36.5. The summed E-state index contributed by atoms with van der Waals surface area (Å²) in [4.78, 5) is 25.4. The zero-order valence-electron chi connectivity index (χ0n) is 36.3. The molecule has 1 saturated heterocycles. The van der Waals surface area contributed by atoms with Crippen molar-refractivity contribution in [1.29, 1.82) is 0 Å². The van der Waals surface area contributed by atoms with E-state index < -0.39 is 71.2 Å². The molecule has 6 atom stereocenters. The molecule has 1 rings (SSSR count). The van der Waals surface area contributed by atoms with Crippen LogP contribution < -0.4 is 0 Å². The molecular weight excluding hydrogens is 789 g/mol. The van der Waals surface area contributed by atoms with Crippen LogP contribution in [0.2, 0.25) is 0 Å². The Kier molecular flexibility index (Phi) is 33.3. The van der Waals surface area contributed by atoms with Gasteiger partial charge in [0.25, 0.3) is 10.1 Å². The molecule has 60 heavy (non-hydrogen) atoms. The first-order valence-electron chi connectivity index (χ1n) is 22.2. The highest BCUT2D eigenvalue weighted by Crippen LogP contribution is 2.24. The van der Waals surface area contributed by atoms with Gasteiger partial charge in [0.1, 0.15) is 36.8 Å². The monoisotopic (exact) mass is 865 g/mol. The number of unbranched alkanes of at least 4 members (excludes halogenated alkanes) is 10. The molecule has 2 unspecified atom stereocenters. The van der Waals surface area contributed by atoms with Crippen molar-refractivity contribution in [2.75, 3.05) is 19.0 Å². The van der Waals surface area contributed by atoms with E-state index in [4.69, 9.17) is 18.9 Å². The molecule has 0 bridgehead atoms. The van der Waals surface area contributed by atoms with Crippen LogP contribution in [0.15, 0.2) is 85.1 Å². The van der Waals surface area contributed by atoms with Crippen LogP contribution in [0.5, 0.6) is 0 Å². The number of carbonyl (C=O) groups is 2. The van der Waals surface area contributed by atoms with Gasteiger partial charge >= 0.3 is 11.9 Å². The van der Waals surface area contributed by atoms with E-state index in [1.54, 1.807) is 0 Å². The Morgan fingerprint density at radius 2 is 1.12 bits per heavy atom. The number of carbonyl (C=O) groups excluding carboxylic acids is 2. The highest BCUT2D eigenvalue weighted by atomic mass is 32.2. The van der Waals surface area contributed by atoms with E-state index in [1.807, 2.05) is 12.2 Å². The van der Waals surface area contributed by atoms with Gasteiger partial charge in [-0.3, -0.25) is 14.1 Å². The summed E-state index contributed by atoms with van der Waals surface area (Å²) in [5.41, 5.74) is 0. The van der Waals surface area contributed by atoms with Gasteiger partial charge in [-0.05, 0) is 77.0 Å². The zero-order chi connectivity index (χ0) is 44.1. The Balaban J connectivity index is 2.53. The Morgan fingerprint density at radius 3 is 1.70 bits per heavy atom. The van der Waals surface area contributed by atoms with Gasteiger partial charge in [0.15, 0.2) is 12.4 Å². The standard InChI is InChI=1S/C47H76O12S/c1-3-5-7-9-11-13-15-17-19-20-22-24-26-28-30-32-34-36-43(49)58-40(38-57-47-46(52)45(51)44(50)41(59-47)39-60(53,54)55)37-56-42(48)35-33-31-29-27-25-23-21-18-16-14-12-10-8-6-4-2/h5,7,11,13-14,16-19,21-22,24,28,30,40-41,44-47,50-52H,3-4,6,8-10,12,15,20,23,25-27,29,31-39H2,1-2H3,(H,53,54,55)/b7-5+,13-11+,16-14+,19-17+,21-18+,24-22+,30-28+/t40-,41-,44-,45?,46?,47+/m1/s1. The van der Waals surface area contributed by atoms with Crippen molar-refractivity contribution in [1.82, 2.24) is 0 Å². The molecule has 342 valence electrons. The van der Waals surface area contributed by atoms with Crippen LogP contribution in [0.3, 0.4) is 0 Å². The number of allylic oxidation sites excluding steroid dienone is 14. The lowest BCUT2D eigenvalue weighted by molar-refractivity contribution is -0.297. The predicted octanol–water partition coefficient (Wildman–Crippen LogP) is 8.89. The summed E-state index contributed by atoms with van der Waals surface area (Å²) in [5, 5.41) is 30.9. The third kappa shape index (κ3) is 30.8. The molecule has 0 radical (unpaired) electrons. The number of aliphatic hydroxyl groups excluding tert-OH is 3. The smallest absolute Gasteiger partial charge is 0.306 e. The van der Waals surface area contributed by atoms with Gasteiger partial charge in [-0.2, -0.15) is 8.42 Å². The minimum atomic E-state index is -4.62. The van der Waals surface area contributed by atoms with Crippen molar-refractivity contribution in [3.05, 3.63) is 85.1 Å². The normalized spacial score (nSPS) is 20.9. The fourth-order valence-electron chi connectivity index (χ4n) is 6.05. The summed E-state index contributed by atoms with van der Waals surface area (Å²) in [6.45, 7) is 3.54. The van der Waals surface area contributed by atoms with Gasteiger partial charge in [-0.25, -0.2) is 0 Å². The first-order chi connectivity index (χ1) is 29.0.